The van der Waals surface area contributed by atoms with Gasteiger partial charge in [-0.05, 0) is 49.4 Å². The van der Waals surface area contributed by atoms with Gasteiger partial charge in [-0.1, -0.05) is 30.3 Å². The molecule has 5 heteroatoms. The lowest BCUT2D eigenvalue weighted by atomic mass is 9.72. The van der Waals surface area contributed by atoms with Crippen molar-refractivity contribution < 1.29 is 9.53 Å². The van der Waals surface area contributed by atoms with Crippen LogP contribution in [0.3, 0.4) is 0 Å². The first kappa shape index (κ1) is 18.9. The first-order valence-electron chi connectivity index (χ1n) is 10.2. The Kier molecular flexibility index (Phi) is 5.62. The number of piperidine rings is 2. The van der Waals surface area contributed by atoms with Crippen molar-refractivity contribution in [3.63, 3.8) is 0 Å². The minimum Gasteiger partial charge on any atom is -0.497 e. The van der Waals surface area contributed by atoms with Crippen LogP contribution in [0.15, 0.2) is 48.7 Å². The van der Waals surface area contributed by atoms with Gasteiger partial charge in [-0.25, -0.2) is 0 Å². The zero-order valence-electron chi connectivity index (χ0n) is 16.6. The fraction of sp³-hybridized carbons (Fsp3) is 0.478. The summed E-state index contributed by atoms with van der Waals surface area (Å²) in [4.78, 5) is 21.5. The standard InChI is InChI=1S/C23H29N3O2/c1-28-21-8-12-24-20(15-21)17-25-13-10-23(11-14-25)9-7-22(27)26(18-23)16-19-5-3-2-4-6-19/h2-6,8,12,15H,7,9-11,13-14,16-18H2,1H3. The first-order valence-corrected chi connectivity index (χ1v) is 10.2. The van der Waals surface area contributed by atoms with Crippen LogP contribution in [0, 0.1) is 5.41 Å². The van der Waals surface area contributed by atoms with E-state index in [4.69, 9.17) is 4.74 Å². The van der Waals surface area contributed by atoms with Gasteiger partial charge < -0.3 is 9.64 Å². The molecule has 148 valence electrons. The molecule has 2 saturated heterocycles. The maximum Gasteiger partial charge on any atom is 0.222 e. The number of amides is 1. The fourth-order valence-electron chi connectivity index (χ4n) is 4.54. The molecule has 28 heavy (non-hydrogen) atoms. The average molecular weight is 380 g/mol. The van der Waals surface area contributed by atoms with Gasteiger partial charge in [-0.3, -0.25) is 14.7 Å². The summed E-state index contributed by atoms with van der Waals surface area (Å²) in [6, 6.07) is 14.2. The largest absolute Gasteiger partial charge is 0.497 e. The number of aromatic nitrogens is 1. The van der Waals surface area contributed by atoms with E-state index >= 15 is 0 Å². The molecule has 1 spiro atoms. The second-order valence-electron chi connectivity index (χ2n) is 8.20. The summed E-state index contributed by atoms with van der Waals surface area (Å²) in [6.07, 6.45) is 5.82. The van der Waals surface area contributed by atoms with Crippen LogP contribution in [0.4, 0.5) is 0 Å². The van der Waals surface area contributed by atoms with Gasteiger partial charge in [0, 0.05) is 38.3 Å². The molecule has 1 aromatic carbocycles. The number of methoxy groups -OCH3 is 1. The van der Waals surface area contributed by atoms with Gasteiger partial charge in [0.25, 0.3) is 0 Å². The fourth-order valence-corrected chi connectivity index (χ4v) is 4.54. The Morgan fingerprint density at radius 1 is 1.07 bits per heavy atom. The van der Waals surface area contributed by atoms with E-state index in [-0.39, 0.29) is 5.41 Å². The van der Waals surface area contributed by atoms with Gasteiger partial charge in [0.15, 0.2) is 0 Å². The van der Waals surface area contributed by atoms with Crippen molar-refractivity contribution in [2.24, 2.45) is 5.41 Å². The van der Waals surface area contributed by atoms with E-state index in [2.05, 4.69) is 26.9 Å². The molecule has 0 aliphatic carbocycles. The second kappa shape index (κ2) is 8.31. The lowest BCUT2D eigenvalue weighted by Crippen LogP contribution is -2.51. The Labute approximate surface area is 167 Å². The first-order chi connectivity index (χ1) is 13.7. The molecule has 0 unspecified atom stereocenters. The van der Waals surface area contributed by atoms with Crippen LogP contribution in [0.5, 0.6) is 5.75 Å². The molecule has 1 amide bonds. The number of ether oxygens (including phenoxy) is 1. The van der Waals surface area contributed by atoms with Crippen LogP contribution in [0.2, 0.25) is 0 Å². The van der Waals surface area contributed by atoms with E-state index in [1.54, 1.807) is 7.11 Å². The van der Waals surface area contributed by atoms with Crippen molar-refractivity contribution in [1.82, 2.24) is 14.8 Å². The molecule has 0 saturated carbocycles. The Balaban J connectivity index is 1.35. The molecular formula is C23H29N3O2. The summed E-state index contributed by atoms with van der Waals surface area (Å²) in [5.41, 5.74) is 2.55. The summed E-state index contributed by atoms with van der Waals surface area (Å²) in [6.45, 7) is 4.61. The van der Waals surface area contributed by atoms with Crippen LogP contribution < -0.4 is 4.74 Å². The quantitative estimate of drug-likeness (QED) is 0.798. The minimum atomic E-state index is 0.279. The van der Waals surface area contributed by atoms with Crippen LogP contribution >= 0.6 is 0 Å². The van der Waals surface area contributed by atoms with Gasteiger partial charge in [-0.15, -0.1) is 0 Å². The molecule has 2 aromatic rings. The molecule has 3 heterocycles. The third-order valence-corrected chi connectivity index (χ3v) is 6.29. The van der Waals surface area contributed by atoms with Crippen molar-refractivity contribution in [2.75, 3.05) is 26.7 Å². The SMILES string of the molecule is COc1ccnc(CN2CCC3(CCC(=O)N(Cc4ccccc4)C3)CC2)c1. The highest BCUT2D eigenvalue weighted by Crippen LogP contribution is 2.40. The lowest BCUT2D eigenvalue weighted by molar-refractivity contribution is -0.140. The summed E-state index contributed by atoms with van der Waals surface area (Å²) >= 11 is 0. The predicted octanol–water partition coefficient (Wildman–Crippen LogP) is 3.50. The molecule has 2 fully saturated rings. The third kappa shape index (κ3) is 4.36. The highest BCUT2D eigenvalue weighted by molar-refractivity contribution is 5.77. The Hall–Kier alpha value is -2.40. The number of nitrogens with zero attached hydrogens (tertiary/aromatic N) is 3. The van der Waals surface area contributed by atoms with Crippen LogP contribution in [0.1, 0.15) is 36.9 Å². The van der Waals surface area contributed by atoms with Crippen LogP contribution in [0.25, 0.3) is 0 Å². The van der Waals surface area contributed by atoms with E-state index in [1.165, 1.54) is 5.56 Å². The van der Waals surface area contributed by atoms with Gasteiger partial charge in [0.05, 0.1) is 12.8 Å². The normalized spacial score (nSPS) is 19.8. The van der Waals surface area contributed by atoms with E-state index < -0.39 is 0 Å². The van der Waals surface area contributed by atoms with Crippen molar-refractivity contribution in [2.45, 2.75) is 38.8 Å². The number of rotatable bonds is 5. The van der Waals surface area contributed by atoms with E-state index in [9.17, 15) is 4.79 Å². The smallest absolute Gasteiger partial charge is 0.222 e. The maximum absolute atomic E-state index is 12.5. The number of benzene rings is 1. The number of hydrogen-bond acceptors (Lipinski definition) is 4. The van der Waals surface area contributed by atoms with E-state index in [0.29, 0.717) is 12.3 Å². The summed E-state index contributed by atoms with van der Waals surface area (Å²) in [5.74, 6) is 1.17. The monoisotopic (exact) mass is 379 g/mol. The molecule has 5 nitrogen and oxygen atoms in total. The van der Waals surface area contributed by atoms with Crippen molar-refractivity contribution >= 4 is 5.91 Å². The molecule has 1 aromatic heterocycles. The predicted molar refractivity (Wildman–Crippen MR) is 109 cm³/mol. The number of carbonyl (C=O) groups is 1. The number of hydrogen-bond donors (Lipinski definition) is 0. The van der Waals surface area contributed by atoms with Gasteiger partial charge in [0.1, 0.15) is 5.75 Å². The summed E-state index contributed by atoms with van der Waals surface area (Å²) < 4.78 is 5.31. The zero-order chi connectivity index (χ0) is 19.4. The van der Waals surface area contributed by atoms with Crippen LogP contribution in [-0.2, 0) is 17.9 Å². The van der Waals surface area contributed by atoms with Crippen molar-refractivity contribution in [1.29, 1.82) is 0 Å². The number of likely N-dealkylation sites (tertiary alicyclic amines) is 2. The Bertz CT molecular complexity index is 801. The van der Waals surface area contributed by atoms with E-state index in [1.807, 2.05) is 36.5 Å². The molecule has 2 aliphatic heterocycles. The van der Waals surface area contributed by atoms with Crippen molar-refractivity contribution in [3.05, 3.63) is 59.9 Å². The molecule has 4 rings (SSSR count). The summed E-state index contributed by atoms with van der Waals surface area (Å²) in [7, 11) is 1.69. The molecule has 2 aliphatic rings. The van der Waals surface area contributed by atoms with Crippen LogP contribution in [-0.4, -0.2) is 47.4 Å². The topological polar surface area (TPSA) is 45.7 Å². The number of carbonyl (C=O) groups excluding carboxylic acids is 1. The zero-order valence-corrected chi connectivity index (χ0v) is 16.6. The highest BCUT2D eigenvalue weighted by Gasteiger charge is 2.40. The molecular weight excluding hydrogens is 350 g/mol. The molecule has 0 bridgehead atoms. The minimum absolute atomic E-state index is 0.279. The molecule has 0 atom stereocenters. The summed E-state index contributed by atoms with van der Waals surface area (Å²) in [5, 5.41) is 0. The lowest BCUT2D eigenvalue weighted by Gasteiger charge is -2.47. The maximum atomic E-state index is 12.5. The second-order valence-corrected chi connectivity index (χ2v) is 8.20. The van der Waals surface area contributed by atoms with E-state index in [0.717, 1.165) is 63.4 Å². The average Bonchev–Trinajstić information content (AvgIpc) is 2.74. The van der Waals surface area contributed by atoms with Gasteiger partial charge in [0.2, 0.25) is 5.91 Å². The molecule has 0 radical (unpaired) electrons. The highest BCUT2D eigenvalue weighted by atomic mass is 16.5. The Morgan fingerprint density at radius 2 is 1.86 bits per heavy atom. The third-order valence-electron chi connectivity index (χ3n) is 6.29. The Morgan fingerprint density at radius 3 is 2.61 bits per heavy atom. The van der Waals surface area contributed by atoms with Gasteiger partial charge in [-0.2, -0.15) is 0 Å². The molecule has 0 N–H and O–H groups in total. The number of pyridine rings is 1. The van der Waals surface area contributed by atoms with Crippen molar-refractivity contribution in [3.8, 4) is 5.75 Å². The van der Waals surface area contributed by atoms with Gasteiger partial charge >= 0.3 is 0 Å².